The van der Waals surface area contributed by atoms with Gasteiger partial charge < -0.3 is 15.0 Å². The highest BCUT2D eigenvalue weighted by Crippen LogP contribution is 2.27. The molecule has 0 radical (unpaired) electrons. The van der Waals surface area contributed by atoms with E-state index in [4.69, 9.17) is 4.74 Å². The maximum atomic E-state index is 12.1. The Bertz CT molecular complexity index is 707. The van der Waals surface area contributed by atoms with Crippen LogP contribution < -0.4 is 10.1 Å². The first-order valence-electron chi connectivity index (χ1n) is 7.82. The van der Waals surface area contributed by atoms with Crippen LogP contribution in [0.1, 0.15) is 22.0 Å². The Morgan fingerprint density at radius 3 is 2.71 bits per heavy atom. The number of carbonyl (C=O) groups excluding carboxylic acids is 1. The van der Waals surface area contributed by atoms with Crippen molar-refractivity contribution in [1.82, 2.24) is 10.2 Å². The van der Waals surface area contributed by atoms with Crippen LogP contribution >= 0.6 is 11.3 Å². The molecule has 1 atom stereocenters. The number of aryl methyl sites for hydroxylation is 1. The normalized spacial score (nSPS) is 12.5. The highest BCUT2D eigenvalue weighted by atomic mass is 32.1. The zero-order chi connectivity index (χ0) is 17.5. The molecule has 5 heteroatoms. The van der Waals surface area contributed by atoms with Crippen molar-refractivity contribution in [3.8, 4) is 5.75 Å². The number of hydrogen-bond donors (Lipinski definition) is 1. The number of methoxy groups -OCH3 is 1. The summed E-state index contributed by atoms with van der Waals surface area (Å²) in [6.45, 7) is 2.55. The van der Waals surface area contributed by atoms with Gasteiger partial charge in [-0.1, -0.05) is 18.2 Å². The van der Waals surface area contributed by atoms with E-state index < -0.39 is 0 Å². The number of ether oxygens (including phenoxy) is 1. The van der Waals surface area contributed by atoms with E-state index in [0.717, 1.165) is 16.2 Å². The summed E-state index contributed by atoms with van der Waals surface area (Å²) in [5.41, 5.74) is 2.24. The molecule has 0 saturated heterocycles. The fraction of sp³-hybridized carbons (Fsp3) is 0.316. The molecule has 1 N–H and O–H groups in total. The van der Waals surface area contributed by atoms with Crippen LogP contribution in [0, 0.1) is 6.92 Å². The lowest BCUT2D eigenvalue weighted by atomic mass is 10.0. The molecule has 0 aliphatic rings. The average molecular weight is 344 g/mol. The van der Waals surface area contributed by atoms with Gasteiger partial charge in [0, 0.05) is 23.1 Å². The molecule has 4 nitrogen and oxygen atoms in total. The number of nitrogens with one attached hydrogen (secondary N) is 1. The lowest BCUT2D eigenvalue weighted by Crippen LogP contribution is -2.33. The van der Waals surface area contributed by atoms with Crippen molar-refractivity contribution in [2.45, 2.75) is 13.0 Å². The van der Waals surface area contributed by atoms with E-state index in [9.17, 15) is 4.79 Å². The van der Waals surface area contributed by atoms with Gasteiger partial charge in [0.15, 0.2) is 0 Å². The number of amides is 1. The summed E-state index contributed by atoms with van der Waals surface area (Å²) in [7, 11) is 5.65. The van der Waals surface area contributed by atoms with E-state index in [0.29, 0.717) is 6.54 Å². The van der Waals surface area contributed by atoms with Crippen molar-refractivity contribution < 1.29 is 9.53 Å². The van der Waals surface area contributed by atoms with Crippen molar-refractivity contribution >= 4 is 23.3 Å². The van der Waals surface area contributed by atoms with Gasteiger partial charge >= 0.3 is 0 Å². The zero-order valence-electron chi connectivity index (χ0n) is 14.6. The van der Waals surface area contributed by atoms with E-state index in [1.165, 1.54) is 5.56 Å². The second-order valence-corrected chi connectivity index (χ2v) is 6.72. The van der Waals surface area contributed by atoms with Crippen LogP contribution in [0.25, 0.3) is 6.08 Å². The smallest absolute Gasteiger partial charge is 0.244 e. The number of nitrogens with zero attached hydrogens (tertiary/aromatic N) is 1. The van der Waals surface area contributed by atoms with Crippen LogP contribution in [0.5, 0.6) is 5.75 Å². The predicted octanol–water partition coefficient (Wildman–Crippen LogP) is 3.50. The third kappa shape index (κ3) is 4.69. The molecule has 2 rings (SSSR count). The Morgan fingerprint density at radius 1 is 1.33 bits per heavy atom. The van der Waals surface area contributed by atoms with Crippen molar-refractivity contribution in [2.75, 3.05) is 27.7 Å². The molecule has 0 bridgehead atoms. The Hall–Kier alpha value is -2.11. The number of hydrogen-bond acceptors (Lipinski definition) is 4. The summed E-state index contributed by atoms with van der Waals surface area (Å²) in [5, 5.41) is 5.00. The second-order valence-electron chi connectivity index (χ2n) is 5.77. The molecule has 128 valence electrons. The van der Waals surface area contributed by atoms with Crippen LogP contribution in [0.4, 0.5) is 0 Å². The van der Waals surface area contributed by atoms with Gasteiger partial charge in [-0.25, -0.2) is 0 Å². The van der Waals surface area contributed by atoms with Gasteiger partial charge in [0.05, 0.1) is 13.2 Å². The minimum absolute atomic E-state index is 0.0435. The SMILES string of the molecule is COc1ccccc1C(CNC(=O)C=Cc1sccc1C)N(C)C. The summed E-state index contributed by atoms with van der Waals surface area (Å²) < 4.78 is 5.44. The standard InChI is InChI=1S/C19H24N2O2S/c1-14-11-12-24-18(14)9-10-19(22)20-13-16(21(2)3)15-7-5-6-8-17(15)23-4/h5-12,16H,13H2,1-4H3,(H,20,22). The topological polar surface area (TPSA) is 41.6 Å². The zero-order valence-corrected chi connectivity index (χ0v) is 15.4. The van der Waals surface area contributed by atoms with Gasteiger partial charge in [0.1, 0.15) is 5.75 Å². The third-order valence-corrected chi connectivity index (χ3v) is 4.86. The number of rotatable bonds is 7. The molecule has 24 heavy (non-hydrogen) atoms. The number of para-hydroxylation sites is 1. The Kier molecular flexibility index (Phi) is 6.58. The number of benzene rings is 1. The summed E-state index contributed by atoms with van der Waals surface area (Å²) in [4.78, 5) is 15.3. The summed E-state index contributed by atoms with van der Waals surface area (Å²) in [6.07, 6.45) is 3.46. The highest BCUT2D eigenvalue weighted by Gasteiger charge is 2.18. The fourth-order valence-corrected chi connectivity index (χ4v) is 3.29. The highest BCUT2D eigenvalue weighted by molar-refractivity contribution is 7.11. The molecule has 1 unspecified atom stereocenters. The van der Waals surface area contributed by atoms with Gasteiger partial charge in [-0.05, 0) is 50.2 Å². The molecule has 2 aromatic rings. The van der Waals surface area contributed by atoms with E-state index in [-0.39, 0.29) is 11.9 Å². The van der Waals surface area contributed by atoms with Crippen LogP contribution in [-0.2, 0) is 4.79 Å². The van der Waals surface area contributed by atoms with Crippen LogP contribution in [-0.4, -0.2) is 38.6 Å². The maximum Gasteiger partial charge on any atom is 0.244 e. The van der Waals surface area contributed by atoms with Crippen LogP contribution in [0.3, 0.4) is 0 Å². The van der Waals surface area contributed by atoms with Gasteiger partial charge in [-0.3, -0.25) is 4.79 Å². The number of carbonyl (C=O) groups is 1. The van der Waals surface area contributed by atoms with Gasteiger partial charge in [0.25, 0.3) is 0 Å². The maximum absolute atomic E-state index is 12.1. The van der Waals surface area contributed by atoms with Gasteiger partial charge in [-0.15, -0.1) is 11.3 Å². The first-order chi connectivity index (χ1) is 11.5. The first-order valence-corrected chi connectivity index (χ1v) is 8.70. The number of likely N-dealkylation sites (N-methyl/N-ethyl adjacent to an activating group) is 1. The van der Waals surface area contributed by atoms with E-state index >= 15 is 0 Å². The van der Waals surface area contributed by atoms with Crippen molar-refractivity contribution in [3.63, 3.8) is 0 Å². The second kappa shape index (κ2) is 8.66. The van der Waals surface area contributed by atoms with Crippen molar-refractivity contribution in [1.29, 1.82) is 0 Å². The quantitative estimate of drug-likeness (QED) is 0.782. The Labute approximate surface area is 147 Å². The fourth-order valence-electron chi connectivity index (χ4n) is 2.48. The van der Waals surface area contributed by atoms with Gasteiger partial charge in [0.2, 0.25) is 5.91 Å². The predicted molar refractivity (Wildman–Crippen MR) is 101 cm³/mol. The van der Waals surface area contributed by atoms with Gasteiger partial charge in [-0.2, -0.15) is 0 Å². The van der Waals surface area contributed by atoms with E-state index in [1.54, 1.807) is 24.5 Å². The monoisotopic (exact) mass is 344 g/mol. The number of thiophene rings is 1. The molecular weight excluding hydrogens is 320 g/mol. The average Bonchev–Trinajstić information content (AvgIpc) is 2.98. The van der Waals surface area contributed by atoms with Crippen molar-refractivity contribution in [3.05, 3.63) is 57.8 Å². The van der Waals surface area contributed by atoms with Crippen LogP contribution in [0.15, 0.2) is 41.8 Å². The molecule has 0 saturated carbocycles. The molecule has 0 aliphatic heterocycles. The largest absolute Gasteiger partial charge is 0.496 e. The molecule has 0 spiro atoms. The minimum atomic E-state index is -0.0930. The molecule has 1 aromatic heterocycles. The first kappa shape index (κ1) is 18.2. The van der Waals surface area contributed by atoms with E-state index in [1.807, 2.05) is 62.8 Å². The molecule has 1 amide bonds. The molecule has 1 aromatic carbocycles. The Balaban J connectivity index is 2.02. The summed E-state index contributed by atoms with van der Waals surface area (Å²) >= 11 is 1.63. The third-order valence-electron chi connectivity index (χ3n) is 3.88. The van der Waals surface area contributed by atoms with Crippen LogP contribution in [0.2, 0.25) is 0 Å². The van der Waals surface area contributed by atoms with E-state index in [2.05, 4.69) is 10.2 Å². The van der Waals surface area contributed by atoms with Crippen molar-refractivity contribution in [2.24, 2.45) is 0 Å². The lowest BCUT2D eigenvalue weighted by molar-refractivity contribution is -0.116. The molecule has 1 heterocycles. The molecular formula is C19H24N2O2S. The Morgan fingerprint density at radius 2 is 2.08 bits per heavy atom. The summed E-state index contributed by atoms with van der Waals surface area (Å²) in [6, 6.07) is 9.98. The lowest BCUT2D eigenvalue weighted by Gasteiger charge is -2.26. The molecule has 0 aliphatic carbocycles. The minimum Gasteiger partial charge on any atom is -0.496 e. The molecule has 0 fully saturated rings. The summed E-state index contributed by atoms with van der Waals surface area (Å²) in [5.74, 6) is 0.736.